The van der Waals surface area contributed by atoms with Crippen LogP contribution >= 0.6 is 0 Å². The van der Waals surface area contributed by atoms with E-state index in [0.717, 1.165) is 16.7 Å². The molecule has 0 N–H and O–H groups in total. The third kappa shape index (κ3) is 2.41. The van der Waals surface area contributed by atoms with E-state index in [1.54, 1.807) is 6.07 Å². The lowest BCUT2D eigenvalue weighted by molar-refractivity contribution is 0.613. The fourth-order valence-corrected chi connectivity index (χ4v) is 1.24. The second-order valence-electron chi connectivity index (χ2n) is 3.30. The van der Waals surface area contributed by atoms with Gasteiger partial charge < -0.3 is 0 Å². The Morgan fingerprint density at radius 3 is 2.46 bits per heavy atom. The molecule has 0 atom stereocenters. The Kier molecular flexibility index (Phi) is 3.24. The van der Waals surface area contributed by atoms with Gasteiger partial charge in [-0.25, -0.2) is 4.39 Å². The van der Waals surface area contributed by atoms with Gasteiger partial charge in [-0.1, -0.05) is 18.2 Å². The molecule has 13 heavy (non-hydrogen) atoms. The minimum absolute atomic E-state index is 0.0961. The third-order valence-corrected chi connectivity index (χ3v) is 2.24. The van der Waals surface area contributed by atoms with Crippen LogP contribution in [0.1, 0.15) is 23.6 Å². The van der Waals surface area contributed by atoms with Gasteiger partial charge in [-0.05, 0) is 49.9 Å². The second-order valence-corrected chi connectivity index (χ2v) is 3.30. The van der Waals surface area contributed by atoms with Crippen LogP contribution in [0.15, 0.2) is 24.3 Å². The van der Waals surface area contributed by atoms with Gasteiger partial charge in [0.1, 0.15) is 5.82 Å². The molecule has 0 bridgehead atoms. The Morgan fingerprint density at radius 2 is 1.85 bits per heavy atom. The SMILES string of the molecule is C/C=C/Cc1cc(C)c(C)cc1F. The van der Waals surface area contributed by atoms with Gasteiger partial charge in [0.2, 0.25) is 0 Å². The van der Waals surface area contributed by atoms with E-state index in [1.807, 2.05) is 39.0 Å². The molecule has 0 aromatic heterocycles. The zero-order chi connectivity index (χ0) is 9.84. The van der Waals surface area contributed by atoms with Crippen LogP contribution in [0.5, 0.6) is 0 Å². The summed E-state index contributed by atoms with van der Waals surface area (Å²) < 4.78 is 13.3. The van der Waals surface area contributed by atoms with Crippen LogP contribution in [0, 0.1) is 19.7 Å². The molecule has 1 aromatic rings. The van der Waals surface area contributed by atoms with E-state index < -0.39 is 0 Å². The molecule has 0 saturated carbocycles. The highest BCUT2D eigenvalue weighted by atomic mass is 19.1. The van der Waals surface area contributed by atoms with Gasteiger partial charge in [0, 0.05) is 0 Å². The molecular formula is C12H15F. The molecule has 0 amide bonds. The van der Waals surface area contributed by atoms with Crippen LogP contribution in [0.25, 0.3) is 0 Å². The van der Waals surface area contributed by atoms with Crippen molar-refractivity contribution in [3.63, 3.8) is 0 Å². The van der Waals surface area contributed by atoms with Gasteiger partial charge in [0.25, 0.3) is 0 Å². The van der Waals surface area contributed by atoms with E-state index in [1.165, 1.54) is 0 Å². The van der Waals surface area contributed by atoms with Crippen molar-refractivity contribution in [2.24, 2.45) is 0 Å². The van der Waals surface area contributed by atoms with Gasteiger partial charge in [0.15, 0.2) is 0 Å². The molecule has 0 nitrogen and oxygen atoms in total. The van der Waals surface area contributed by atoms with E-state index in [4.69, 9.17) is 0 Å². The Labute approximate surface area is 79.1 Å². The van der Waals surface area contributed by atoms with Crippen molar-refractivity contribution < 1.29 is 4.39 Å². The van der Waals surface area contributed by atoms with E-state index in [2.05, 4.69) is 0 Å². The first-order chi connectivity index (χ1) is 6.15. The molecule has 0 spiro atoms. The van der Waals surface area contributed by atoms with Crippen LogP contribution in [0.4, 0.5) is 4.39 Å². The van der Waals surface area contributed by atoms with E-state index in [0.29, 0.717) is 6.42 Å². The van der Waals surface area contributed by atoms with Crippen molar-refractivity contribution in [3.05, 3.63) is 46.8 Å². The highest BCUT2D eigenvalue weighted by Gasteiger charge is 2.02. The minimum Gasteiger partial charge on any atom is -0.207 e. The van der Waals surface area contributed by atoms with Crippen molar-refractivity contribution >= 4 is 0 Å². The van der Waals surface area contributed by atoms with Crippen molar-refractivity contribution in [3.8, 4) is 0 Å². The van der Waals surface area contributed by atoms with Gasteiger partial charge in [-0.3, -0.25) is 0 Å². The van der Waals surface area contributed by atoms with Crippen LogP contribution in [-0.2, 0) is 6.42 Å². The molecule has 0 aliphatic heterocycles. The van der Waals surface area contributed by atoms with Crippen LogP contribution in [0.3, 0.4) is 0 Å². The van der Waals surface area contributed by atoms with E-state index >= 15 is 0 Å². The number of aryl methyl sites for hydroxylation is 2. The quantitative estimate of drug-likeness (QED) is 0.607. The lowest BCUT2D eigenvalue weighted by atomic mass is 10.0. The molecule has 1 aromatic carbocycles. The lowest BCUT2D eigenvalue weighted by Gasteiger charge is -2.04. The van der Waals surface area contributed by atoms with Gasteiger partial charge in [0.05, 0.1) is 0 Å². The summed E-state index contributed by atoms with van der Waals surface area (Å²) in [5.41, 5.74) is 2.95. The maximum Gasteiger partial charge on any atom is 0.126 e. The van der Waals surface area contributed by atoms with Crippen molar-refractivity contribution in [1.29, 1.82) is 0 Å². The predicted molar refractivity (Wildman–Crippen MR) is 54.4 cm³/mol. The monoisotopic (exact) mass is 178 g/mol. The number of allylic oxidation sites excluding steroid dienone is 2. The number of halogens is 1. The maximum atomic E-state index is 13.3. The standard InChI is InChI=1S/C12H15F/c1-4-5-6-11-7-9(2)10(3)8-12(11)13/h4-5,7-8H,6H2,1-3H3/b5-4+. The maximum absolute atomic E-state index is 13.3. The van der Waals surface area contributed by atoms with Crippen LogP contribution in [0.2, 0.25) is 0 Å². The summed E-state index contributed by atoms with van der Waals surface area (Å²) in [4.78, 5) is 0. The number of hydrogen-bond acceptors (Lipinski definition) is 0. The molecule has 0 heterocycles. The highest BCUT2D eigenvalue weighted by molar-refractivity contribution is 5.32. The average Bonchev–Trinajstić information content (AvgIpc) is 2.09. The molecule has 0 saturated heterocycles. The van der Waals surface area contributed by atoms with Crippen LogP contribution in [-0.4, -0.2) is 0 Å². The Hall–Kier alpha value is -1.11. The fourth-order valence-electron chi connectivity index (χ4n) is 1.24. The minimum atomic E-state index is -0.0961. The molecule has 0 fully saturated rings. The first-order valence-corrected chi connectivity index (χ1v) is 4.52. The first kappa shape index (κ1) is 9.97. The zero-order valence-corrected chi connectivity index (χ0v) is 8.39. The first-order valence-electron chi connectivity index (χ1n) is 4.52. The summed E-state index contributed by atoms with van der Waals surface area (Å²) in [5.74, 6) is -0.0961. The summed E-state index contributed by atoms with van der Waals surface area (Å²) in [5, 5.41) is 0. The topological polar surface area (TPSA) is 0 Å². The molecule has 0 aliphatic carbocycles. The molecule has 1 heteroatoms. The van der Waals surface area contributed by atoms with E-state index in [-0.39, 0.29) is 5.82 Å². The van der Waals surface area contributed by atoms with Crippen LogP contribution < -0.4 is 0 Å². The summed E-state index contributed by atoms with van der Waals surface area (Å²) >= 11 is 0. The molecular weight excluding hydrogens is 163 g/mol. The Morgan fingerprint density at radius 1 is 1.23 bits per heavy atom. The van der Waals surface area contributed by atoms with Crippen molar-refractivity contribution in [1.82, 2.24) is 0 Å². The fraction of sp³-hybridized carbons (Fsp3) is 0.333. The second kappa shape index (κ2) is 4.22. The highest BCUT2D eigenvalue weighted by Crippen LogP contribution is 2.15. The molecule has 0 unspecified atom stereocenters. The number of rotatable bonds is 2. The van der Waals surface area contributed by atoms with Gasteiger partial charge in [-0.2, -0.15) is 0 Å². The van der Waals surface area contributed by atoms with Crippen molar-refractivity contribution in [2.45, 2.75) is 27.2 Å². The average molecular weight is 178 g/mol. The predicted octanol–water partition coefficient (Wildman–Crippen LogP) is 3.56. The zero-order valence-electron chi connectivity index (χ0n) is 8.39. The molecule has 1 rings (SSSR count). The summed E-state index contributed by atoms with van der Waals surface area (Å²) in [7, 11) is 0. The summed E-state index contributed by atoms with van der Waals surface area (Å²) in [6.45, 7) is 5.88. The molecule has 70 valence electrons. The summed E-state index contributed by atoms with van der Waals surface area (Å²) in [6.07, 6.45) is 4.59. The van der Waals surface area contributed by atoms with Gasteiger partial charge >= 0.3 is 0 Å². The third-order valence-electron chi connectivity index (χ3n) is 2.24. The van der Waals surface area contributed by atoms with E-state index in [9.17, 15) is 4.39 Å². The number of benzene rings is 1. The van der Waals surface area contributed by atoms with Crippen molar-refractivity contribution in [2.75, 3.05) is 0 Å². The Bertz CT molecular complexity index is 324. The Balaban J connectivity index is 3.01. The number of hydrogen-bond donors (Lipinski definition) is 0. The van der Waals surface area contributed by atoms with Gasteiger partial charge in [-0.15, -0.1) is 0 Å². The summed E-state index contributed by atoms with van der Waals surface area (Å²) in [6, 6.07) is 3.53. The molecule has 0 radical (unpaired) electrons. The largest absolute Gasteiger partial charge is 0.207 e. The smallest absolute Gasteiger partial charge is 0.126 e. The normalized spacial score (nSPS) is 11.1. The lowest BCUT2D eigenvalue weighted by Crippen LogP contribution is -1.92. The molecule has 0 aliphatic rings.